The van der Waals surface area contributed by atoms with Gasteiger partial charge in [-0.15, -0.1) is 0 Å². The summed E-state index contributed by atoms with van der Waals surface area (Å²) in [4.78, 5) is 17.5. The molecule has 25 heavy (non-hydrogen) atoms. The summed E-state index contributed by atoms with van der Waals surface area (Å²) in [6.45, 7) is 6.87. The number of aliphatic imine (C=N–C) groups is 1. The number of ether oxygens (including phenoxy) is 1. The van der Waals surface area contributed by atoms with Crippen molar-refractivity contribution in [2.75, 3.05) is 13.3 Å². The average molecular weight is 479 g/mol. The van der Waals surface area contributed by atoms with Crippen molar-refractivity contribution in [1.29, 1.82) is 0 Å². The molecule has 0 aromatic rings. The minimum Gasteiger partial charge on any atom is -0.361 e. The van der Waals surface area contributed by atoms with Crippen LogP contribution in [0.25, 0.3) is 0 Å². The van der Waals surface area contributed by atoms with E-state index in [0.29, 0.717) is 6.61 Å². The van der Waals surface area contributed by atoms with E-state index in [1.807, 2.05) is 0 Å². The van der Waals surface area contributed by atoms with Gasteiger partial charge in [0.2, 0.25) is 5.62 Å². The number of halogens is 5. The number of fused-ring (bicyclic) bond motifs is 1. The van der Waals surface area contributed by atoms with E-state index in [-0.39, 0.29) is 23.1 Å². The molecule has 0 aromatic heterocycles. The summed E-state index contributed by atoms with van der Waals surface area (Å²) in [5, 5.41) is -2.92. The molecule has 0 fully saturated rings. The molecule has 2 rings (SSSR count). The second kappa shape index (κ2) is 8.14. The quantitative estimate of drug-likeness (QED) is 0.269. The summed E-state index contributed by atoms with van der Waals surface area (Å²) >= 11 is 14.4. The summed E-state index contributed by atoms with van der Waals surface area (Å²) < 4.78 is 33.7. The van der Waals surface area contributed by atoms with Crippen LogP contribution in [-0.2, 0) is 9.53 Å². The molecule has 2 atom stereocenters. The van der Waals surface area contributed by atoms with Crippen molar-refractivity contribution >= 4 is 58.8 Å². The molecule has 1 aliphatic heterocycles. The molecule has 1 amide bonds. The normalized spacial score (nSPS) is 26.8. The summed E-state index contributed by atoms with van der Waals surface area (Å²) in [6, 6.07) is 0.901. The number of hydrogen-bond donors (Lipinski definition) is 1. The molecule has 0 radical (unpaired) electrons. The van der Waals surface area contributed by atoms with Crippen LogP contribution in [0, 0.1) is 0 Å². The molecule has 5 nitrogen and oxygen atoms in total. The van der Waals surface area contributed by atoms with E-state index in [0.717, 1.165) is 17.0 Å². The Bertz CT molecular complexity index is 650. The largest absolute Gasteiger partial charge is 0.361 e. The van der Waals surface area contributed by atoms with E-state index in [1.165, 1.54) is 0 Å². The third-order valence-electron chi connectivity index (χ3n) is 3.52. The lowest BCUT2D eigenvalue weighted by atomic mass is 9.98. The lowest BCUT2D eigenvalue weighted by Crippen LogP contribution is -2.46. The van der Waals surface area contributed by atoms with Gasteiger partial charge in [0, 0.05) is 14.7 Å². The van der Waals surface area contributed by atoms with Gasteiger partial charge in [-0.3, -0.25) is 9.69 Å². The number of amides is 1. The maximum absolute atomic E-state index is 14.3. The Labute approximate surface area is 164 Å². The van der Waals surface area contributed by atoms with Gasteiger partial charge < -0.3 is 10.9 Å². The van der Waals surface area contributed by atoms with Gasteiger partial charge in [-0.1, -0.05) is 58.8 Å². The summed E-state index contributed by atoms with van der Waals surface area (Å²) in [7, 11) is -1.28. The van der Waals surface area contributed by atoms with Crippen LogP contribution in [-0.4, -0.2) is 48.7 Å². The maximum Gasteiger partial charge on any atom is 0.267 e. The van der Waals surface area contributed by atoms with Gasteiger partial charge in [0.1, 0.15) is 12.3 Å². The highest BCUT2D eigenvalue weighted by Crippen LogP contribution is 2.45. The first kappa shape index (κ1) is 22.7. The zero-order chi connectivity index (χ0) is 18.3. The maximum atomic E-state index is 14.3. The monoisotopic (exact) mass is 477 g/mol. The first-order chi connectivity index (χ1) is 10.9. The Morgan fingerprint density at radius 1 is 1.48 bits per heavy atom. The minimum absolute atomic E-state index is 0. The number of carbonyl (C=O) groups is 1. The summed E-state index contributed by atoms with van der Waals surface area (Å²) in [6.07, 6.45) is 1.15. The van der Waals surface area contributed by atoms with Crippen LogP contribution >= 0.6 is 39.1 Å². The van der Waals surface area contributed by atoms with E-state index >= 15 is 0 Å². The molecule has 0 saturated heterocycles. The lowest BCUT2D eigenvalue weighted by Gasteiger charge is -2.33. The molecule has 2 aliphatic rings. The minimum atomic E-state index is -2.92. The predicted molar refractivity (Wildman–Crippen MR) is 103 cm³/mol. The van der Waals surface area contributed by atoms with Gasteiger partial charge in [-0.25, -0.2) is 13.8 Å². The van der Waals surface area contributed by atoms with Crippen LogP contribution in [0.3, 0.4) is 0 Å². The smallest absolute Gasteiger partial charge is 0.267 e. The van der Waals surface area contributed by atoms with Crippen LogP contribution in [0.5, 0.6) is 0 Å². The van der Waals surface area contributed by atoms with Crippen molar-refractivity contribution in [1.82, 2.24) is 11.1 Å². The molecule has 142 valence electrons. The Kier molecular flexibility index (Phi) is 7.40. The Morgan fingerprint density at radius 3 is 2.64 bits per heavy atom. The summed E-state index contributed by atoms with van der Waals surface area (Å²) in [5.41, 5.74) is -1.63. The zero-order valence-electron chi connectivity index (χ0n) is 14.1. The number of rotatable bonds is 5. The van der Waals surface area contributed by atoms with E-state index in [4.69, 9.17) is 27.9 Å². The molecular weight excluding hydrogens is 459 g/mol. The standard InChI is InChI=1S/C14H17BrCl2F2N2O2Si.H3N/c1-24(2,3)5-4-23-7-21-12(22)10-8(20-13(21)16)6-9(15)14(17,19)11(10)18;/h6,13H,4-5,7H2,1-3H3;1H3. The highest BCUT2D eigenvalue weighted by atomic mass is 79.9. The van der Waals surface area contributed by atoms with Crippen LogP contribution in [0.1, 0.15) is 0 Å². The number of allylic oxidation sites excluding steroid dienone is 3. The molecule has 0 saturated carbocycles. The number of alkyl halides is 3. The van der Waals surface area contributed by atoms with Gasteiger partial charge in [0.25, 0.3) is 11.0 Å². The Morgan fingerprint density at radius 2 is 2.08 bits per heavy atom. The number of nitrogens with zero attached hydrogens (tertiary/aromatic N) is 2. The molecule has 2 unspecified atom stereocenters. The molecule has 1 heterocycles. The molecule has 1 aliphatic carbocycles. The van der Waals surface area contributed by atoms with Gasteiger partial charge in [-0.05, 0) is 12.1 Å². The molecule has 0 spiro atoms. The number of carbonyl (C=O) groups excluding carboxylic acids is 1. The van der Waals surface area contributed by atoms with Gasteiger partial charge in [-0.2, -0.15) is 0 Å². The fraction of sp³-hybridized carbons (Fsp3) is 0.571. The molecule has 11 heteroatoms. The van der Waals surface area contributed by atoms with E-state index < -0.39 is 36.1 Å². The first-order valence-electron chi connectivity index (χ1n) is 7.22. The number of hydrogen-bond acceptors (Lipinski definition) is 4. The average Bonchev–Trinajstić information content (AvgIpc) is 2.43. The topological polar surface area (TPSA) is 76.9 Å². The fourth-order valence-electron chi connectivity index (χ4n) is 2.05. The lowest BCUT2D eigenvalue weighted by molar-refractivity contribution is -0.133. The van der Waals surface area contributed by atoms with Crippen LogP contribution in [0.4, 0.5) is 8.78 Å². The third kappa shape index (κ3) is 4.89. The van der Waals surface area contributed by atoms with Crippen molar-refractivity contribution < 1.29 is 18.3 Å². The van der Waals surface area contributed by atoms with E-state index in [1.54, 1.807) is 0 Å². The van der Waals surface area contributed by atoms with Gasteiger partial charge >= 0.3 is 0 Å². The first-order valence-corrected chi connectivity index (χ1v) is 12.5. The highest BCUT2D eigenvalue weighted by Gasteiger charge is 2.47. The Balaban J connectivity index is 0.00000312. The second-order valence-corrected chi connectivity index (χ2v) is 14.1. The third-order valence-corrected chi connectivity index (χ3v) is 6.93. The predicted octanol–water partition coefficient (Wildman–Crippen LogP) is 4.69. The SMILES string of the molecule is C[Si](C)(C)CCOCN1C(=O)C2=C(F)C(F)(Cl)C(Br)=CC2=NC1Cl.N. The van der Waals surface area contributed by atoms with E-state index in [9.17, 15) is 13.6 Å². The van der Waals surface area contributed by atoms with Crippen LogP contribution in [0.15, 0.2) is 27.0 Å². The molecular formula is C14H20BrCl2F2N3O2Si. The van der Waals surface area contributed by atoms with Crippen LogP contribution < -0.4 is 6.15 Å². The van der Waals surface area contributed by atoms with Crippen molar-refractivity contribution in [3.05, 3.63) is 22.0 Å². The fourth-order valence-corrected chi connectivity index (χ4v) is 3.60. The summed E-state index contributed by atoms with van der Waals surface area (Å²) in [5.74, 6) is -2.21. The molecule has 0 aromatic carbocycles. The molecule has 0 bridgehead atoms. The van der Waals surface area contributed by atoms with Gasteiger partial charge in [0.05, 0.1) is 10.2 Å². The van der Waals surface area contributed by atoms with Crippen molar-refractivity contribution in [2.45, 2.75) is 36.4 Å². The second-order valence-electron chi connectivity index (χ2n) is 6.70. The van der Waals surface area contributed by atoms with E-state index in [2.05, 4.69) is 40.6 Å². The van der Waals surface area contributed by atoms with Crippen molar-refractivity contribution in [3.63, 3.8) is 0 Å². The Hall–Kier alpha value is -0.323. The van der Waals surface area contributed by atoms with Crippen molar-refractivity contribution in [3.8, 4) is 0 Å². The molecule has 3 N–H and O–H groups in total. The van der Waals surface area contributed by atoms with Gasteiger partial charge in [0.15, 0.2) is 5.83 Å². The van der Waals surface area contributed by atoms with Crippen molar-refractivity contribution in [2.24, 2.45) is 4.99 Å². The highest BCUT2D eigenvalue weighted by molar-refractivity contribution is 9.11. The zero-order valence-corrected chi connectivity index (χ0v) is 18.2. The van der Waals surface area contributed by atoms with Crippen LogP contribution in [0.2, 0.25) is 25.7 Å².